The second kappa shape index (κ2) is 9.17. The van der Waals surface area contributed by atoms with Gasteiger partial charge in [-0.1, -0.05) is 18.7 Å². The van der Waals surface area contributed by atoms with E-state index in [1.807, 2.05) is 0 Å². The molecule has 0 fully saturated rings. The zero-order chi connectivity index (χ0) is 23.5. The Bertz CT molecular complexity index is 1310. The molecule has 0 saturated heterocycles. The van der Waals surface area contributed by atoms with Crippen molar-refractivity contribution >= 4 is 17.9 Å². The van der Waals surface area contributed by atoms with Gasteiger partial charge >= 0.3 is 0 Å². The Morgan fingerprint density at radius 3 is 2.82 bits per heavy atom. The average molecular weight is 446 g/mol. The minimum absolute atomic E-state index is 0.153. The number of fused-ring (bicyclic) bond motifs is 1. The van der Waals surface area contributed by atoms with Gasteiger partial charge in [0.2, 0.25) is 0 Å². The predicted octanol–water partition coefficient (Wildman–Crippen LogP) is 5.18. The van der Waals surface area contributed by atoms with Crippen LogP contribution in [0.1, 0.15) is 34.0 Å². The maximum atomic E-state index is 15.1. The fourth-order valence-electron chi connectivity index (χ4n) is 3.78. The van der Waals surface area contributed by atoms with Crippen LogP contribution in [0, 0.1) is 18.2 Å². The Morgan fingerprint density at radius 1 is 1.27 bits per heavy atom. The van der Waals surface area contributed by atoms with E-state index in [0.717, 1.165) is 11.1 Å². The Balaban J connectivity index is 1.65. The molecule has 0 saturated carbocycles. The van der Waals surface area contributed by atoms with E-state index in [1.165, 1.54) is 35.2 Å². The summed E-state index contributed by atoms with van der Waals surface area (Å²) >= 11 is 0. The molecule has 0 N–H and O–H groups in total. The van der Waals surface area contributed by atoms with Crippen LogP contribution < -0.4 is 4.74 Å². The molecular weight excluding hydrogens is 426 g/mol. The summed E-state index contributed by atoms with van der Waals surface area (Å²) in [5, 5.41) is 0. The molecule has 0 spiro atoms. The number of benzene rings is 2. The van der Waals surface area contributed by atoms with Crippen molar-refractivity contribution in [3.8, 4) is 16.9 Å². The highest BCUT2D eigenvalue weighted by atomic mass is 19.1. The molecule has 0 unspecified atom stereocenters. The second-order valence-electron chi connectivity index (χ2n) is 7.51. The maximum absolute atomic E-state index is 15.1. The third-order valence-corrected chi connectivity index (χ3v) is 5.36. The van der Waals surface area contributed by atoms with Gasteiger partial charge in [-0.05, 0) is 42.3 Å². The first-order valence-electron chi connectivity index (χ1n) is 10.3. The number of nitrogens with zero attached hydrogens (tertiary/aromatic N) is 4. The van der Waals surface area contributed by atoms with Crippen LogP contribution in [-0.4, -0.2) is 35.7 Å². The number of rotatable bonds is 6. The molecule has 4 rings (SSSR count). The van der Waals surface area contributed by atoms with Gasteiger partial charge < -0.3 is 14.5 Å². The topological polar surface area (TPSA) is 59.2 Å². The molecule has 0 bridgehead atoms. The van der Waals surface area contributed by atoms with Crippen molar-refractivity contribution in [2.45, 2.75) is 20.0 Å². The van der Waals surface area contributed by atoms with E-state index in [0.29, 0.717) is 35.6 Å². The van der Waals surface area contributed by atoms with Crippen molar-refractivity contribution in [1.29, 1.82) is 0 Å². The lowest BCUT2D eigenvalue weighted by molar-refractivity contribution is 0.0779. The molecule has 3 aromatic rings. The summed E-state index contributed by atoms with van der Waals surface area (Å²) in [6.45, 7) is 9.88. The van der Waals surface area contributed by atoms with Crippen molar-refractivity contribution in [3.63, 3.8) is 0 Å². The first-order chi connectivity index (χ1) is 15.9. The Kier molecular flexibility index (Phi) is 6.13. The fraction of sp³-hybridized carbons (Fsp3) is 0.200. The minimum atomic E-state index is -0.732. The van der Waals surface area contributed by atoms with Gasteiger partial charge in [0.15, 0.2) is 0 Å². The molecule has 2 aromatic carbocycles. The largest absolute Gasteiger partial charge is 0.493 e. The van der Waals surface area contributed by atoms with Crippen LogP contribution in [0.25, 0.3) is 16.0 Å². The summed E-state index contributed by atoms with van der Waals surface area (Å²) in [5.41, 5.74) is 2.90. The molecule has 1 aliphatic rings. The van der Waals surface area contributed by atoms with E-state index in [9.17, 15) is 9.18 Å². The summed E-state index contributed by atoms with van der Waals surface area (Å²) in [6, 6.07) is 8.31. The monoisotopic (exact) mass is 446 g/mol. The number of aromatic nitrogens is 1. The zero-order valence-corrected chi connectivity index (χ0v) is 18.1. The highest BCUT2D eigenvalue weighted by Crippen LogP contribution is 2.34. The lowest BCUT2D eigenvalue weighted by Crippen LogP contribution is -2.27. The van der Waals surface area contributed by atoms with Crippen molar-refractivity contribution in [1.82, 2.24) is 9.88 Å². The van der Waals surface area contributed by atoms with E-state index < -0.39 is 17.5 Å². The van der Waals surface area contributed by atoms with Crippen LogP contribution in [-0.2, 0) is 13.1 Å². The molecule has 1 amide bonds. The molecule has 0 aliphatic carbocycles. The number of halogens is 2. The predicted molar refractivity (Wildman–Crippen MR) is 121 cm³/mol. The van der Waals surface area contributed by atoms with E-state index in [2.05, 4.69) is 14.8 Å². The van der Waals surface area contributed by atoms with Crippen LogP contribution in [0.15, 0.2) is 47.6 Å². The van der Waals surface area contributed by atoms with E-state index in [4.69, 9.17) is 11.3 Å². The van der Waals surface area contributed by atoms with E-state index in [-0.39, 0.29) is 17.9 Å². The number of ether oxygens (including phenoxy) is 1. The van der Waals surface area contributed by atoms with Gasteiger partial charge in [-0.15, -0.1) is 4.98 Å². The molecule has 8 heteroatoms. The van der Waals surface area contributed by atoms with Gasteiger partial charge in [-0.3, -0.25) is 9.79 Å². The van der Waals surface area contributed by atoms with Crippen molar-refractivity contribution in [2.75, 3.05) is 13.7 Å². The van der Waals surface area contributed by atoms with Crippen LogP contribution in [0.2, 0.25) is 0 Å². The van der Waals surface area contributed by atoms with Gasteiger partial charge in [-0.25, -0.2) is 8.78 Å². The van der Waals surface area contributed by atoms with Gasteiger partial charge in [-0.2, -0.15) is 0 Å². The molecule has 0 atom stereocenters. The Hall–Kier alpha value is -4.12. The van der Waals surface area contributed by atoms with E-state index >= 15 is 4.39 Å². The first kappa shape index (κ1) is 22.1. The van der Waals surface area contributed by atoms with Crippen molar-refractivity contribution < 1.29 is 18.3 Å². The van der Waals surface area contributed by atoms with Crippen molar-refractivity contribution in [2.24, 2.45) is 4.99 Å². The summed E-state index contributed by atoms with van der Waals surface area (Å²) in [4.78, 5) is 26.3. The highest BCUT2D eigenvalue weighted by Gasteiger charge is 2.24. The number of carbonyl (C=O) groups excluding carboxylic acids is 1. The van der Waals surface area contributed by atoms with Crippen LogP contribution in [0.3, 0.4) is 0 Å². The smallest absolute Gasteiger partial charge is 0.278 e. The first-order valence-corrected chi connectivity index (χ1v) is 10.3. The Labute approximate surface area is 190 Å². The number of hydrogen-bond donors (Lipinski definition) is 0. The van der Waals surface area contributed by atoms with Crippen molar-refractivity contribution in [3.05, 3.63) is 87.9 Å². The lowest BCUT2D eigenvalue weighted by atomic mass is 10.0. The summed E-state index contributed by atoms with van der Waals surface area (Å²) in [7, 11) is 1.56. The maximum Gasteiger partial charge on any atom is 0.278 e. The Morgan fingerprint density at radius 2 is 2.09 bits per heavy atom. The SMILES string of the molecule is [C-]#[N+]c1ncc(CN(C)C(=O)c2cc(OCC)c(-c3cccc(F)c3)cc2F)c2c1C=NC2. The van der Waals surface area contributed by atoms with E-state index in [1.54, 1.807) is 32.4 Å². The molecule has 1 aromatic heterocycles. The number of aliphatic imine (C=N–C) groups is 1. The number of pyridine rings is 1. The van der Waals surface area contributed by atoms with Crippen LogP contribution >= 0.6 is 0 Å². The average Bonchev–Trinajstić information content (AvgIpc) is 3.30. The molecule has 33 heavy (non-hydrogen) atoms. The minimum Gasteiger partial charge on any atom is -0.493 e. The quantitative estimate of drug-likeness (QED) is 0.490. The zero-order valence-electron chi connectivity index (χ0n) is 18.1. The summed E-state index contributed by atoms with van der Waals surface area (Å²) in [5.74, 6) is -1.17. The van der Waals surface area contributed by atoms with Gasteiger partial charge in [0.05, 0.1) is 18.7 Å². The second-order valence-corrected chi connectivity index (χ2v) is 7.51. The van der Waals surface area contributed by atoms with Gasteiger partial charge in [0.25, 0.3) is 11.7 Å². The van der Waals surface area contributed by atoms with Gasteiger partial charge in [0.1, 0.15) is 23.6 Å². The third-order valence-electron chi connectivity index (χ3n) is 5.36. The third kappa shape index (κ3) is 4.30. The molecule has 1 aliphatic heterocycles. The summed E-state index contributed by atoms with van der Waals surface area (Å²) < 4.78 is 34.4. The van der Waals surface area contributed by atoms with Gasteiger partial charge in [0, 0.05) is 36.5 Å². The molecule has 2 heterocycles. The summed E-state index contributed by atoms with van der Waals surface area (Å²) in [6.07, 6.45) is 3.17. The highest BCUT2D eigenvalue weighted by molar-refractivity contribution is 5.96. The molecular formula is C25H20F2N4O2. The molecule has 166 valence electrons. The lowest BCUT2D eigenvalue weighted by Gasteiger charge is -2.20. The van der Waals surface area contributed by atoms with Crippen LogP contribution in [0.4, 0.5) is 14.6 Å². The fourth-order valence-corrected chi connectivity index (χ4v) is 3.78. The standard InChI is InChI=1S/C25H20F2N4O2/c1-4-33-23-10-19(22(27)9-18(23)15-6-5-7-17(26)8-15)25(32)31(3)14-16-11-30-24(28-2)21-13-29-12-20(16)21/h5-11,13H,4,12,14H2,1,3H3. The van der Waals surface area contributed by atoms with Crippen LogP contribution in [0.5, 0.6) is 5.75 Å². The number of amides is 1. The molecule has 0 radical (unpaired) electrons. The number of carbonyl (C=O) groups is 1. The molecule has 6 nitrogen and oxygen atoms in total. The number of hydrogen-bond acceptors (Lipinski definition) is 4. The normalized spacial score (nSPS) is 11.7.